The first-order valence-corrected chi connectivity index (χ1v) is 8.38. The molecule has 0 spiro atoms. The van der Waals surface area contributed by atoms with Gasteiger partial charge in [0, 0.05) is 15.7 Å². The van der Waals surface area contributed by atoms with Crippen LogP contribution >= 0.6 is 15.9 Å². The van der Waals surface area contributed by atoms with Gasteiger partial charge in [0.2, 0.25) is 5.95 Å². The van der Waals surface area contributed by atoms with Gasteiger partial charge in [-0.1, -0.05) is 21.0 Å². The lowest BCUT2D eigenvalue weighted by Crippen LogP contribution is -2.30. The zero-order valence-corrected chi connectivity index (χ0v) is 15.3. The number of anilines is 1. The fourth-order valence-electron chi connectivity index (χ4n) is 2.71. The normalized spacial score (nSPS) is 16.3. The maximum Gasteiger partial charge on any atom is 0.387 e. The Hall–Kier alpha value is -2.56. The number of benzene rings is 1. The van der Waals surface area contributed by atoms with Gasteiger partial charge in [-0.3, -0.25) is 0 Å². The first-order chi connectivity index (χ1) is 12.4. The summed E-state index contributed by atoms with van der Waals surface area (Å²) in [5.41, 5.74) is 0.944. The Labute approximate surface area is 155 Å². The van der Waals surface area contributed by atoms with E-state index in [4.69, 9.17) is 4.74 Å². The van der Waals surface area contributed by atoms with Gasteiger partial charge in [0.15, 0.2) is 0 Å². The number of tetrazole rings is 1. The number of aromatic nitrogens is 4. The van der Waals surface area contributed by atoms with E-state index in [0.717, 1.165) is 0 Å². The highest BCUT2D eigenvalue weighted by Crippen LogP contribution is 2.40. The molecule has 0 aliphatic carbocycles. The van der Waals surface area contributed by atoms with Crippen LogP contribution in [0, 0.1) is 0 Å². The molecule has 1 atom stereocenters. The maximum absolute atomic E-state index is 12.9. The van der Waals surface area contributed by atoms with Crippen molar-refractivity contribution in [3.63, 3.8) is 0 Å². The molecule has 0 bridgehead atoms. The molecule has 0 saturated carbocycles. The molecule has 2 heterocycles. The second kappa shape index (κ2) is 7.36. The van der Waals surface area contributed by atoms with Gasteiger partial charge in [-0.15, -0.1) is 0 Å². The SMILES string of the molecule is CCOC(=O)C1=C(C)Nc2nnnn2[C@@H]1c1cc(Br)ccc1OC(F)F. The molecule has 1 aromatic heterocycles. The number of carbonyl (C=O) groups excluding carboxylic acids is 1. The Kier molecular flexibility index (Phi) is 5.16. The quantitative estimate of drug-likeness (QED) is 0.730. The largest absolute Gasteiger partial charge is 0.463 e. The molecule has 11 heteroatoms. The summed E-state index contributed by atoms with van der Waals surface area (Å²) in [4.78, 5) is 12.5. The van der Waals surface area contributed by atoms with Crippen molar-refractivity contribution < 1.29 is 23.0 Å². The summed E-state index contributed by atoms with van der Waals surface area (Å²) < 4.78 is 37.4. The second-order valence-corrected chi connectivity index (χ2v) is 6.21. The maximum atomic E-state index is 12.9. The number of rotatable bonds is 5. The van der Waals surface area contributed by atoms with Crippen molar-refractivity contribution in [2.45, 2.75) is 26.5 Å². The molecule has 1 aliphatic rings. The van der Waals surface area contributed by atoms with Gasteiger partial charge in [0.05, 0.1) is 12.2 Å². The average Bonchev–Trinajstić information content (AvgIpc) is 3.03. The molecule has 0 saturated heterocycles. The number of fused-ring (bicyclic) bond motifs is 1. The van der Waals surface area contributed by atoms with E-state index in [9.17, 15) is 13.6 Å². The van der Waals surface area contributed by atoms with Crippen LogP contribution in [0.2, 0.25) is 0 Å². The van der Waals surface area contributed by atoms with Crippen LogP contribution in [0.15, 0.2) is 33.9 Å². The van der Waals surface area contributed by atoms with Gasteiger partial charge >= 0.3 is 12.6 Å². The Morgan fingerprint density at radius 3 is 2.92 bits per heavy atom. The number of esters is 1. The zero-order valence-electron chi connectivity index (χ0n) is 13.7. The van der Waals surface area contributed by atoms with Crippen molar-refractivity contribution in [2.75, 3.05) is 11.9 Å². The number of allylic oxidation sites excluding steroid dienone is 1. The minimum Gasteiger partial charge on any atom is -0.463 e. The van der Waals surface area contributed by atoms with E-state index >= 15 is 0 Å². The number of hydrogen-bond acceptors (Lipinski definition) is 7. The lowest BCUT2D eigenvalue weighted by molar-refractivity contribution is -0.139. The van der Waals surface area contributed by atoms with Crippen LogP contribution in [0.25, 0.3) is 0 Å². The summed E-state index contributed by atoms with van der Waals surface area (Å²) in [6, 6.07) is 3.62. The summed E-state index contributed by atoms with van der Waals surface area (Å²) in [6.45, 7) is 0.458. The highest BCUT2D eigenvalue weighted by atomic mass is 79.9. The molecule has 0 fully saturated rings. The van der Waals surface area contributed by atoms with Crippen molar-refractivity contribution >= 4 is 27.8 Å². The summed E-state index contributed by atoms with van der Waals surface area (Å²) in [5, 5.41) is 14.2. The van der Waals surface area contributed by atoms with E-state index in [1.807, 2.05) is 0 Å². The smallest absolute Gasteiger partial charge is 0.387 e. The number of hydrogen-bond donors (Lipinski definition) is 1. The first-order valence-electron chi connectivity index (χ1n) is 7.59. The molecule has 3 rings (SSSR count). The molecular weight excluding hydrogens is 416 g/mol. The third kappa shape index (κ3) is 3.39. The molecule has 0 amide bonds. The Balaban J connectivity index is 2.20. The molecular formula is C15H14BrF2N5O3. The van der Waals surface area contributed by atoms with Crippen LogP contribution < -0.4 is 10.1 Å². The number of carbonyl (C=O) groups is 1. The second-order valence-electron chi connectivity index (χ2n) is 5.29. The summed E-state index contributed by atoms with van der Waals surface area (Å²) in [6.07, 6.45) is 0. The summed E-state index contributed by atoms with van der Waals surface area (Å²) in [7, 11) is 0. The van der Waals surface area contributed by atoms with Crippen molar-refractivity contribution in [2.24, 2.45) is 0 Å². The van der Waals surface area contributed by atoms with Crippen LogP contribution in [0.3, 0.4) is 0 Å². The molecule has 138 valence electrons. The molecule has 8 nitrogen and oxygen atoms in total. The van der Waals surface area contributed by atoms with E-state index in [0.29, 0.717) is 10.2 Å². The Morgan fingerprint density at radius 2 is 2.23 bits per heavy atom. The minimum atomic E-state index is -3.03. The van der Waals surface area contributed by atoms with Crippen molar-refractivity contribution in [1.82, 2.24) is 20.2 Å². The minimum absolute atomic E-state index is 0.0915. The van der Waals surface area contributed by atoms with E-state index in [2.05, 4.69) is 41.5 Å². The molecule has 1 aromatic carbocycles. The first kappa shape index (κ1) is 18.2. The van der Waals surface area contributed by atoms with Crippen molar-refractivity contribution in [3.05, 3.63) is 39.5 Å². The molecule has 26 heavy (non-hydrogen) atoms. The fraction of sp³-hybridized carbons (Fsp3) is 0.333. The van der Waals surface area contributed by atoms with Gasteiger partial charge in [0.25, 0.3) is 0 Å². The number of nitrogens with one attached hydrogen (secondary N) is 1. The molecule has 0 radical (unpaired) electrons. The van der Waals surface area contributed by atoms with Crippen LogP contribution in [-0.4, -0.2) is 39.4 Å². The number of alkyl halides is 2. The van der Waals surface area contributed by atoms with Crippen molar-refractivity contribution in [1.29, 1.82) is 0 Å². The van der Waals surface area contributed by atoms with E-state index < -0.39 is 18.6 Å². The molecule has 2 aromatic rings. The van der Waals surface area contributed by atoms with Crippen LogP contribution in [0.5, 0.6) is 5.75 Å². The monoisotopic (exact) mass is 429 g/mol. The fourth-order valence-corrected chi connectivity index (χ4v) is 3.09. The van der Waals surface area contributed by atoms with Gasteiger partial charge < -0.3 is 14.8 Å². The highest BCUT2D eigenvalue weighted by molar-refractivity contribution is 9.10. The highest BCUT2D eigenvalue weighted by Gasteiger charge is 2.37. The number of nitrogens with zero attached hydrogens (tertiary/aromatic N) is 4. The lowest BCUT2D eigenvalue weighted by atomic mass is 9.95. The Bertz CT molecular complexity index is 871. The number of halogens is 3. The summed E-state index contributed by atoms with van der Waals surface area (Å²) in [5.74, 6) is -0.429. The predicted octanol–water partition coefficient (Wildman–Crippen LogP) is 2.89. The zero-order chi connectivity index (χ0) is 18.8. The van der Waals surface area contributed by atoms with Crippen LogP contribution in [0.4, 0.5) is 14.7 Å². The average molecular weight is 430 g/mol. The lowest BCUT2D eigenvalue weighted by Gasteiger charge is -2.28. The molecule has 0 unspecified atom stereocenters. The standard InChI is InChI=1S/C15H14BrF2N5O3/c1-3-25-13(24)11-7(2)19-15-20-21-22-23(15)12(11)9-6-8(16)4-5-10(9)26-14(17)18/h4-6,12,14H,3H2,1-2H3,(H,19,20,22)/t12-/m1/s1. The molecule has 1 aliphatic heterocycles. The van der Waals surface area contributed by atoms with Gasteiger partial charge in [0.1, 0.15) is 11.8 Å². The topological polar surface area (TPSA) is 91.2 Å². The van der Waals surface area contributed by atoms with Gasteiger partial charge in [-0.2, -0.15) is 13.5 Å². The Morgan fingerprint density at radius 1 is 1.46 bits per heavy atom. The number of ether oxygens (including phenoxy) is 2. The van der Waals surface area contributed by atoms with Gasteiger partial charge in [-0.05, 0) is 42.5 Å². The van der Waals surface area contributed by atoms with Crippen LogP contribution in [-0.2, 0) is 9.53 Å². The van der Waals surface area contributed by atoms with Crippen LogP contribution in [0.1, 0.15) is 25.5 Å². The van der Waals surface area contributed by atoms with Gasteiger partial charge in [-0.25, -0.2) is 4.79 Å². The van der Waals surface area contributed by atoms with E-state index in [1.165, 1.54) is 10.7 Å². The van der Waals surface area contributed by atoms with E-state index in [1.54, 1.807) is 26.0 Å². The third-order valence-electron chi connectivity index (χ3n) is 3.69. The predicted molar refractivity (Wildman–Crippen MR) is 89.7 cm³/mol. The molecule has 1 N–H and O–H groups in total. The van der Waals surface area contributed by atoms with E-state index in [-0.39, 0.29) is 29.4 Å². The summed E-state index contributed by atoms with van der Waals surface area (Å²) >= 11 is 3.31. The van der Waals surface area contributed by atoms with Crippen molar-refractivity contribution in [3.8, 4) is 5.75 Å². The third-order valence-corrected chi connectivity index (χ3v) is 4.19.